The van der Waals surface area contributed by atoms with E-state index in [4.69, 9.17) is 9.47 Å². The minimum absolute atomic E-state index is 0.0148. The summed E-state index contributed by atoms with van der Waals surface area (Å²) in [4.78, 5) is 32.5. The van der Waals surface area contributed by atoms with Gasteiger partial charge in [-0.25, -0.2) is 4.79 Å². The highest BCUT2D eigenvalue weighted by molar-refractivity contribution is 5.89. The van der Waals surface area contributed by atoms with E-state index in [1.54, 1.807) is 11.1 Å². The molecule has 3 aliphatic heterocycles. The zero-order chi connectivity index (χ0) is 21.2. The summed E-state index contributed by atoms with van der Waals surface area (Å²) in [5.74, 6) is 1.29. The Morgan fingerprint density at radius 3 is 2.65 bits per heavy atom. The summed E-state index contributed by atoms with van der Waals surface area (Å²) < 4.78 is 11.3. The Bertz CT molecular complexity index is 927. The Morgan fingerprint density at radius 2 is 1.90 bits per heavy atom. The van der Waals surface area contributed by atoms with Gasteiger partial charge in [-0.2, -0.15) is 0 Å². The van der Waals surface area contributed by atoms with Crippen molar-refractivity contribution in [1.29, 1.82) is 0 Å². The van der Waals surface area contributed by atoms with Gasteiger partial charge in [0.2, 0.25) is 5.91 Å². The molecule has 0 spiro atoms. The van der Waals surface area contributed by atoms with E-state index < -0.39 is 0 Å². The number of carbonyl (C=O) groups excluding carboxylic acids is 2. The first-order valence-corrected chi connectivity index (χ1v) is 10.7. The third-order valence-corrected chi connectivity index (χ3v) is 6.11. The molecule has 2 saturated heterocycles. The molecule has 8 heteroatoms. The molecule has 4 heterocycles. The van der Waals surface area contributed by atoms with Gasteiger partial charge < -0.3 is 24.6 Å². The number of likely N-dealkylation sites (tertiary alicyclic amines) is 1. The second kappa shape index (κ2) is 8.55. The van der Waals surface area contributed by atoms with Crippen LogP contribution >= 0.6 is 0 Å². The van der Waals surface area contributed by atoms with Crippen LogP contribution in [0, 0.1) is 5.92 Å². The van der Waals surface area contributed by atoms with E-state index in [9.17, 15) is 9.59 Å². The zero-order valence-corrected chi connectivity index (χ0v) is 17.3. The van der Waals surface area contributed by atoms with Gasteiger partial charge in [0.15, 0.2) is 0 Å². The lowest BCUT2D eigenvalue weighted by atomic mass is 10.0. The average Bonchev–Trinajstić information content (AvgIpc) is 3.41. The third-order valence-electron chi connectivity index (χ3n) is 6.11. The van der Waals surface area contributed by atoms with Crippen LogP contribution in [0.3, 0.4) is 0 Å². The summed E-state index contributed by atoms with van der Waals surface area (Å²) in [6.45, 7) is 3.87. The molecule has 2 fully saturated rings. The number of anilines is 1. The number of carbonyl (C=O) groups is 2. The van der Waals surface area contributed by atoms with Crippen molar-refractivity contribution in [2.75, 3.05) is 31.6 Å². The van der Waals surface area contributed by atoms with Crippen molar-refractivity contribution in [1.82, 2.24) is 14.8 Å². The number of benzene rings is 1. The molecule has 0 radical (unpaired) electrons. The zero-order valence-electron chi connectivity index (χ0n) is 17.3. The lowest BCUT2D eigenvalue weighted by Crippen LogP contribution is -2.56. The summed E-state index contributed by atoms with van der Waals surface area (Å²) >= 11 is 0. The second-order valence-electron chi connectivity index (χ2n) is 8.43. The number of ether oxygens (including phenoxy) is 2. The van der Waals surface area contributed by atoms with Crippen LogP contribution in [0.4, 0.5) is 10.5 Å². The predicted molar refractivity (Wildman–Crippen MR) is 113 cm³/mol. The highest BCUT2D eigenvalue weighted by atomic mass is 16.5. The molecule has 1 atom stereocenters. The number of nitrogens with one attached hydrogen (secondary N) is 1. The summed E-state index contributed by atoms with van der Waals surface area (Å²) in [7, 11) is 0. The first kappa shape index (κ1) is 19.8. The van der Waals surface area contributed by atoms with Crippen LogP contribution in [0.2, 0.25) is 0 Å². The molecule has 0 aliphatic carbocycles. The van der Waals surface area contributed by atoms with Gasteiger partial charge in [-0.05, 0) is 53.8 Å². The van der Waals surface area contributed by atoms with Crippen LogP contribution in [-0.4, -0.2) is 59.1 Å². The fourth-order valence-electron chi connectivity index (χ4n) is 4.21. The molecule has 1 aromatic carbocycles. The maximum atomic E-state index is 12.5. The molecule has 2 aromatic rings. The molecular weight excluding hydrogens is 396 g/mol. The molecule has 1 aromatic heterocycles. The van der Waals surface area contributed by atoms with Crippen molar-refractivity contribution in [3.05, 3.63) is 53.9 Å². The van der Waals surface area contributed by atoms with Crippen LogP contribution in [0.5, 0.6) is 5.75 Å². The van der Waals surface area contributed by atoms with Gasteiger partial charge >= 0.3 is 6.03 Å². The van der Waals surface area contributed by atoms with Gasteiger partial charge in [-0.3, -0.25) is 9.78 Å². The SMILES string of the molecule is O=C(CC1CCOC1)N1CC(Oc2ccc(NC(=O)N3Cc4ccncc4C3)cc2)C1. The number of pyridine rings is 1. The quantitative estimate of drug-likeness (QED) is 0.801. The van der Waals surface area contributed by atoms with Crippen LogP contribution in [0.15, 0.2) is 42.7 Å². The predicted octanol–water partition coefficient (Wildman–Crippen LogP) is 2.65. The second-order valence-corrected chi connectivity index (χ2v) is 8.43. The lowest BCUT2D eigenvalue weighted by molar-refractivity contribution is -0.141. The van der Waals surface area contributed by atoms with Gasteiger partial charge in [0.25, 0.3) is 0 Å². The number of nitrogens with zero attached hydrogens (tertiary/aromatic N) is 3. The lowest BCUT2D eigenvalue weighted by Gasteiger charge is -2.39. The van der Waals surface area contributed by atoms with Crippen LogP contribution in [0.25, 0.3) is 0 Å². The molecule has 31 heavy (non-hydrogen) atoms. The summed E-state index contributed by atoms with van der Waals surface area (Å²) in [5, 5.41) is 2.93. The summed E-state index contributed by atoms with van der Waals surface area (Å²) in [5.41, 5.74) is 2.94. The number of hydrogen-bond acceptors (Lipinski definition) is 5. The molecule has 3 amide bonds. The molecule has 1 N–H and O–H groups in total. The van der Waals surface area contributed by atoms with Crippen molar-refractivity contribution in [3.63, 3.8) is 0 Å². The van der Waals surface area contributed by atoms with Crippen molar-refractivity contribution in [2.45, 2.75) is 32.0 Å². The van der Waals surface area contributed by atoms with E-state index in [-0.39, 0.29) is 18.0 Å². The van der Waals surface area contributed by atoms with E-state index in [2.05, 4.69) is 10.3 Å². The fourth-order valence-corrected chi connectivity index (χ4v) is 4.21. The molecule has 1 unspecified atom stereocenters. The van der Waals surface area contributed by atoms with Gasteiger partial charge in [0.1, 0.15) is 11.9 Å². The topological polar surface area (TPSA) is 84.0 Å². The summed E-state index contributed by atoms with van der Waals surface area (Å²) in [6, 6.07) is 9.18. The van der Waals surface area contributed by atoms with Gasteiger partial charge in [-0.1, -0.05) is 0 Å². The Labute approximate surface area is 181 Å². The number of aromatic nitrogens is 1. The maximum absolute atomic E-state index is 12.5. The standard InChI is InChI=1S/C23H26N4O4/c28-22(9-16-6-8-30-15-16)26-13-21(14-26)31-20-3-1-19(2-4-20)25-23(29)27-11-17-5-7-24-10-18(17)12-27/h1-5,7,10,16,21H,6,8-9,11-15H2,(H,25,29). The molecule has 0 saturated carbocycles. The Morgan fingerprint density at radius 1 is 1.10 bits per heavy atom. The van der Waals surface area contributed by atoms with Crippen LogP contribution in [0.1, 0.15) is 24.0 Å². The Hall–Kier alpha value is -3.13. The number of urea groups is 1. The molecule has 8 nitrogen and oxygen atoms in total. The first-order valence-electron chi connectivity index (χ1n) is 10.7. The number of hydrogen-bond donors (Lipinski definition) is 1. The molecule has 0 bridgehead atoms. The monoisotopic (exact) mass is 422 g/mol. The fraction of sp³-hybridized carbons (Fsp3) is 0.435. The highest BCUT2D eigenvalue weighted by Gasteiger charge is 2.33. The average molecular weight is 422 g/mol. The van der Waals surface area contributed by atoms with Crippen LogP contribution in [-0.2, 0) is 22.6 Å². The Balaban J connectivity index is 1.06. The maximum Gasteiger partial charge on any atom is 0.322 e. The third kappa shape index (κ3) is 4.49. The van der Waals surface area contributed by atoms with Crippen LogP contribution < -0.4 is 10.1 Å². The van der Waals surface area contributed by atoms with E-state index in [1.165, 1.54) is 0 Å². The van der Waals surface area contributed by atoms with Crippen molar-refractivity contribution in [3.8, 4) is 5.75 Å². The summed E-state index contributed by atoms with van der Waals surface area (Å²) in [6.07, 6.45) is 5.12. The smallest absolute Gasteiger partial charge is 0.322 e. The van der Waals surface area contributed by atoms with E-state index in [1.807, 2.05) is 41.4 Å². The van der Waals surface area contributed by atoms with Gasteiger partial charge in [-0.15, -0.1) is 0 Å². The normalized spacial score (nSPS) is 20.3. The minimum Gasteiger partial charge on any atom is -0.487 e. The number of rotatable bonds is 5. The minimum atomic E-state index is -0.134. The van der Waals surface area contributed by atoms with E-state index in [0.717, 1.165) is 35.6 Å². The number of fused-ring (bicyclic) bond motifs is 1. The highest BCUT2D eigenvalue weighted by Crippen LogP contribution is 2.25. The molecular formula is C23H26N4O4. The van der Waals surface area contributed by atoms with E-state index in [0.29, 0.717) is 45.1 Å². The largest absolute Gasteiger partial charge is 0.487 e. The van der Waals surface area contributed by atoms with E-state index >= 15 is 0 Å². The molecule has 162 valence electrons. The van der Waals surface area contributed by atoms with Crippen molar-refractivity contribution in [2.24, 2.45) is 5.92 Å². The first-order chi connectivity index (χ1) is 15.1. The number of amides is 3. The van der Waals surface area contributed by atoms with Crippen molar-refractivity contribution < 1.29 is 19.1 Å². The molecule has 5 rings (SSSR count). The Kier molecular flexibility index (Phi) is 5.46. The van der Waals surface area contributed by atoms with Gasteiger partial charge in [0.05, 0.1) is 13.1 Å². The van der Waals surface area contributed by atoms with Crippen molar-refractivity contribution >= 4 is 17.6 Å². The molecule has 3 aliphatic rings. The van der Waals surface area contributed by atoms with Gasteiger partial charge in [0, 0.05) is 50.8 Å².